The lowest BCUT2D eigenvalue weighted by molar-refractivity contribution is 0.167. The van der Waals surface area contributed by atoms with Crippen molar-refractivity contribution in [2.24, 2.45) is 0 Å². The van der Waals surface area contributed by atoms with E-state index in [0.717, 1.165) is 6.42 Å². The van der Waals surface area contributed by atoms with Gasteiger partial charge in [0, 0.05) is 5.69 Å². The number of nitrogens with one attached hydrogen (secondary N) is 2. The summed E-state index contributed by atoms with van der Waals surface area (Å²) in [5.41, 5.74) is 0.0200. The molecule has 0 aromatic heterocycles. The van der Waals surface area contributed by atoms with Gasteiger partial charge in [0.2, 0.25) is 0 Å². The molecule has 0 fully saturated rings. The Morgan fingerprint density at radius 1 is 1.43 bits per heavy atom. The Morgan fingerprint density at radius 3 is 2.62 bits per heavy atom. The van der Waals surface area contributed by atoms with Crippen LogP contribution in [0.1, 0.15) is 26.7 Å². The first-order chi connectivity index (χ1) is 10.0. The number of urea groups is 1. The molecule has 1 aromatic rings. The van der Waals surface area contributed by atoms with Gasteiger partial charge in [-0.1, -0.05) is 19.3 Å². The monoisotopic (exact) mass is 290 g/mol. The maximum Gasteiger partial charge on any atom is 0.319 e. The third kappa shape index (κ3) is 5.76. The van der Waals surface area contributed by atoms with Gasteiger partial charge in [0.25, 0.3) is 0 Å². The fraction of sp³-hybridized carbons (Fsp3) is 0.438. The summed E-state index contributed by atoms with van der Waals surface area (Å²) in [6.07, 6.45) is 6.69. The molecule has 2 amide bonds. The summed E-state index contributed by atoms with van der Waals surface area (Å²) < 4.78 is 5.25. The molecule has 1 rings (SSSR count). The van der Waals surface area contributed by atoms with Gasteiger partial charge >= 0.3 is 6.03 Å². The van der Waals surface area contributed by atoms with E-state index in [0.29, 0.717) is 17.9 Å². The van der Waals surface area contributed by atoms with Crippen LogP contribution in [0, 0.1) is 12.3 Å². The standard InChI is InChI=1S/C16H22N2O3/c1-4-10-16(3,12-19)18-15(20)17-13-6-8-14(9-7-13)21-11-5-2/h2,6-9,19H,4,10-12H2,1,3H3,(H2,17,18,20). The molecule has 1 aromatic carbocycles. The SMILES string of the molecule is C#CCOc1ccc(NC(=O)NC(C)(CO)CCC)cc1. The Balaban J connectivity index is 2.56. The van der Waals surface area contributed by atoms with Gasteiger partial charge in [0.15, 0.2) is 0 Å². The van der Waals surface area contributed by atoms with Crippen molar-refractivity contribution >= 4 is 11.7 Å². The summed E-state index contributed by atoms with van der Waals surface area (Å²) in [7, 11) is 0. The lowest BCUT2D eigenvalue weighted by Crippen LogP contribution is -2.50. The molecule has 114 valence electrons. The van der Waals surface area contributed by atoms with Crippen LogP contribution in [-0.2, 0) is 0 Å². The van der Waals surface area contributed by atoms with E-state index in [1.165, 1.54) is 0 Å². The van der Waals surface area contributed by atoms with Gasteiger partial charge in [-0.2, -0.15) is 0 Å². The van der Waals surface area contributed by atoms with Crippen LogP contribution in [-0.4, -0.2) is 29.9 Å². The van der Waals surface area contributed by atoms with E-state index in [-0.39, 0.29) is 19.2 Å². The molecule has 0 radical (unpaired) electrons. The number of hydrogen-bond acceptors (Lipinski definition) is 3. The van der Waals surface area contributed by atoms with Gasteiger partial charge in [-0.05, 0) is 37.6 Å². The second-order valence-corrected chi connectivity index (χ2v) is 5.07. The van der Waals surface area contributed by atoms with Crippen LogP contribution in [0.25, 0.3) is 0 Å². The molecule has 1 unspecified atom stereocenters. The molecule has 5 heteroatoms. The molecule has 1 atom stereocenters. The quantitative estimate of drug-likeness (QED) is 0.675. The van der Waals surface area contributed by atoms with E-state index in [4.69, 9.17) is 11.2 Å². The minimum absolute atomic E-state index is 0.104. The number of anilines is 1. The number of aliphatic hydroxyl groups is 1. The predicted molar refractivity (Wildman–Crippen MR) is 83.3 cm³/mol. The summed E-state index contributed by atoms with van der Waals surface area (Å²) in [4.78, 5) is 11.9. The highest BCUT2D eigenvalue weighted by molar-refractivity contribution is 5.89. The van der Waals surface area contributed by atoms with Crippen molar-refractivity contribution in [1.29, 1.82) is 0 Å². The van der Waals surface area contributed by atoms with Crippen LogP contribution in [0.3, 0.4) is 0 Å². The Kier molecular flexibility index (Phi) is 6.57. The van der Waals surface area contributed by atoms with Crippen molar-refractivity contribution in [1.82, 2.24) is 5.32 Å². The number of rotatable bonds is 7. The summed E-state index contributed by atoms with van der Waals surface area (Å²) in [5, 5.41) is 14.9. The number of benzene rings is 1. The molecule has 3 N–H and O–H groups in total. The zero-order valence-corrected chi connectivity index (χ0v) is 12.5. The van der Waals surface area contributed by atoms with E-state index >= 15 is 0 Å². The van der Waals surface area contributed by atoms with E-state index in [1.807, 2.05) is 13.8 Å². The average molecular weight is 290 g/mol. The zero-order chi connectivity index (χ0) is 15.7. The van der Waals surface area contributed by atoms with Crippen molar-refractivity contribution in [2.75, 3.05) is 18.5 Å². The van der Waals surface area contributed by atoms with Crippen LogP contribution in [0.5, 0.6) is 5.75 Å². The summed E-state index contributed by atoms with van der Waals surface area (Å²) in [6, 6.07) is 6.55. The number of carbonyl (C=O) groups excluding carboxylic acids is 1. The van der Waals surface area contributed by atoms with Crippen molar-refractivity contribution < 1.29 is 14.6 Å². The molecule has 0 aliphatic carbocycles. The van der Waals surface area contributed by atoms with Crippen molar-refractivity contribution in [3.8, 4) is 18.1 Å². The Morgan fingerprint density at radius 2 is 2.10 bits per heavy atom. The fourth-order valence-corrected chi connectivity index (χ4v) is 1.93. The Bertz CT molecular complexity index is 493. The number of aliphatic hydroxyl groups excluding tert-OH is 1. The molecule has 0 spiro atoms. The summed E-state index contributed by atoms with van der Waals surface area (Å²) in [5.74, 6) is 3.03. The normalized spacial score (nSPS) is 12.9. The first-order valence-electron chi connectivity index (χ1n) is 6.89. The fourth-order valence-electron chi connectivity index (χ4n) is 1.93. The molecule has 0 aliphatic rings. The first-order valence-corrected chi connectivity index (χ1v) is 6.89. The molecular formula is C16H22N2O3. The molecule has 0 bridgehead atoms. The molecule has 5 nitrogen and oxygen atoms in total. The van der Waals surface area contributed by atoms with Crippen molar-refractivity contribution in [3.63, 3.8) is 0 Å². The van der Waals surface area contributed by atoms with Gasteiger partial charge in [0.05, 0.1) is 12.1 Å². The average Bonchev–Trinajstić information content (AvgIpc) is 2.46. The van der Waals surface area contributed by atoms with Gasteiger partial charge < -0.3 is 20.5 Å². The minimum atomic E-state index is -0.616. The van der Waals surface area contributed by atoms with Crippen LogP contribution < -0.4 is 15.4 Å². The third-order valence-corrected chi connectivity index (χ3v) is 3.00. The maximum absolute atomic E-state index is 11.9. The third-order valence-electron chi connectivity index (χ3n) is 3.00. The largest absolute Gasteiger partial charge is 0.481 e. The maximum atomic E-state index is 11.9. The highest BCUT2D eigenvalue weighted by Gasteiger charge is 2.24. The highest BCUT2D eigenvalue weighted by Crippen LogP contribution is 2.16. The van der Waals surface area contributed by atoms with Gasteiger partial charge in [-0.15, -0.1) is 6.42 Å². The molecular weight excluding hydrogens is 268 g/mol. The summed E-state index contributed by atoms with van der Waals surface area (Å²) >= 11 is 0. The molecule has 0 heterocycles. The Labute approximate surface area is 125 Å². The van der Waals surface area contributed by atoms with E-state index in [9.17, 15) is 9.90 Å². The summed E-state index contributed by atoms with van der Waals surface area (Å²) in [6.45, 7) is 3.92. The van der Waals surface area contributed by atoms with Crippen LogP contribution in [0.15, 0.2) is 24.3 Å². The topological polar surface area (TPSA) is 70.6 Å². The number of amides is 2. The van der Waals surface area contributed by atoms with Crippen LogP contribution in [0.2, 0.25) is 0 Å². The van der Waals surface area contributed by atoms with Crippen molar-refractivity contribution in [2.45, 2.75) is 32.2 Å². The van der Waals surface area contributed by atoms with Crippen LogP contribution >= 0.6 is 0 Å². The van der Waals surface area contributed by atoms with Crippen molar-refractivity contribution in [3.05, 3.63) is 24.3 Å². The van der Waals surface area contributed by atoms with E-state index in [2.05, 4.69) is 16.6 Å². The molecule has 21 heavy (non-hydrogen) atoms. The smallest absolute Gasteiger partial charge is 0.319 e. The highest BCUT2D eigenvalue weighted by atomic mass is 16.5. The molecule has 0 saturated heterocycles. The zero-order valence-electron chi connectivity index (χ0n) is 12.5. The van der Waals surface area contributed by atoms with Gasteiger partial charge in [-0.25, -0.2) is 4.79 Å². The van der Waals surface area contributed by atoms with Gasteiger partial charge in [-0.3, -0.25) is 0 Å². The van der Waals surface area contributed by atoms with E-state index < -0.39 is 5.54 Å². The molecule has 0 aliphatic heterocycles. The lowest BCUT2D eigenvalue weighted by atomic mass is 9.98. The Hall–Kier alpha value is -2.19. The predicted octanol–water partition coefficient (Wildman–Crippen LogP) is 2.37. The second-order valence-electron chi connectivity index (χ2n) is 5.07. The molecule has 0 saturated carbocycles. The van der Waals surface area contributed by atoms with Crippen LogP contribution in [0.4, 0.5) is 10.5 Å². The number of terminal acetylenes is 1. The second kappa shape index (κ2) is 8.18. The number of carbonyl (C=O) groups is 1. The van der Waals surface area contributed by atoms with E-state index in [1.54, 1.807) is 24.3 Å². The van der Waals surface area contributed by atoms with Gasteiger partial charge in [0.1, 0.15) is 12.4 Å². The number of ether oxygens (including phenoxy) is 1. The first kappa shape index (κ1) is 16.9. The lowest BCUT2D eigenvalue weighted by Gasteiger charge is -2.28. The minimum Gasteiger partial charge on any atom is -0.481 e. The number of hydrogen-bond donors (Lipinski definition) is 3.